The average molecular weight is 395 g/mol. The molecule has 0 atom stereocenters. The largest absolute Gasteiger partial charge is 0.416 e. The van der Waals surface area contributed by atoms with E-state index in [1.165, 1.54) is 18.2 Å². The Kier molecular flexibility index (Phi) is 6.06. The van der Waals surface area contributed by atoms with Crippen LogP contribution in [0.2, 0.25) is 0 Å². The summed E-state index contributed by atoms with van der Waals surface area (Å²) >= 11 is 0. The van der Waals surface area contributed by atoms with Crippen molar-refractivity contribution in [3.8, 4) is 0 Å². The van der Waals surface area contributed by atoms with Gasteiger partial charge in [-0.25, -0.2) is 9.18 Å². The maximum Gasteiger partial charge on any atom is 0.416 e. The molecule has 0 unspecified atom stereocenters. The van der Waals surface area contributed by atoms with Gasteiger partial charge in [0.15, 0.2) is 0 Å². The molecule has 0 radical (unpaired) electrons. The third-order valence-electron chi connectivity index (χ3n) is 4.76. The molecule has 1 heterocycles. The number of alkyl halides is 3. The van der Waals surface area contributed by atoms with Crippen LogP contribution in [0.15, 0.2) is 48.5 Å². The number of hydrogen-bond donors (Lipinski definition) is 1. The van der Waals surface area contributed by atoms with Gasteiger partial charge >= 0.3 is 12.2 Å². The van der Waals surface area contributed by atoms with Crippen LogP contribution in [0, 0.1) is 5.82 Å². The number of carbonyl (C=O) groups excluding carboxylic acids is 1. The second-order valence-electron chi connectivity index (χ2n) is 6.59. The van der Waals surface area contributed by atoms with Crippen molar-refractivity contribution >= 4 is 11.7 Å². The van der Waals surface area contributed by atoms with Gasteiger partial charge in [-0.2, -0.15) is 13.2 Å². The van der Waals surface area contributed by atoms with E-state index in [0.717, 1.165) is 12.1 Å². The average Bonchev–Trinajstić information content (AvgIpc) is 2.69. The molecule has 0 saturated carbocycles. The van der Waals surface area contributed by atoms with Gasteiger partial charge in [-0.15, -0.1) is 0 Å². The topological polar surface area (TPSA) is 35.6 Å². The second kappa shape index (κ2) is 8.50. The van der Waals surface area contributed by atoms with Gasteiger partial charge in [-0.1, -0.05) is 18.2 Å². The summed E-state index contributed by atoms with van der Waals surface area (Å²) in [4.78, 5) is 15.9. The van der Waals surface area contributed by atoms with Crippen LogP contribution >= 0.6 is 0 Å². The lowest BCUT2D eigenvalue weighted by Crippen LogP contribution is -2.52. The molecule has 0 aliphatic carbocycles. The predicted octanol–water partition coefficient (Wildman–Crippen LogP) is 3.92. The Bertz CT molecular complexity index is 800. The van der Waals surface area contributed by atoms with Crippen LogP contribution in [0.1, 0.15) is 11.1 Å². The summed E-state index contributed by atoms with van der Waals surface area (Å²) in [5, 5.41) is 2.78. The second-order valence-corrected chi connectivity index (χ2v) is 6.59. The van der Waals surface area contributed by atoms with Crippen LogP contribution in [0.3, 0.4) is 0 Å². The van der Waals surface area contributed by atoms with Crippen molar-refractivity contribution in [2.45, 2.75) is 12.6 Å². The lowest BCUT2D eigenvalue weighted by Gasteiger charge is -2.36. The minimum absolute atomic E-state index is 0.219. The number of carbonyl (C=O) groups is 1. The zero-order valence-corrected chi connectivity index (χ0v) is 15.2. The Balaban J connectivity index is 1.45. The molecule has 0 bridgehead atoms. The van der Waals surface area contributed by atoms with E-state index in [0.29, 0.717) is 50.4 Å². The van der Waals surface area contributed by atoms with Crippen LogP contribution < -0.4 is 10.2 Å². The zero-order valence-electron chi connectivity index (χ0n) is 15.2. The third-order valence-corrected chi connectivity index (χ3v) is 4.76. The summed E-state index contributed by atoms with van der Waals surface area (Å²) < 4.78 is 51.5. The zero-order chi connectivity index (χ0) is 20.1. The van der Waals surface area contributed by atoms with E-state index in [-0.39, 0.29) is 11.8 Å². The molecule has 1 saturated heterocycles. The smallest absolute Gasteiger partial charge is 0.368 e. The van der Waals surface area contributed by atoms with Crippen LogP contribution in [0.4, 0.5) is 28.0 Å². The number of nitrogens with zero attached hydrogens (tertiary/aromatic N) is 2. The van der Waals surface area contributed by atoms with Crippen molar-refractivity contribution < 1.29 is 22.4 Å². The maximum absolute atomic E-state index is 13.6. The Labute approximate surface area is 160 Å². The maximum atomic E-state index is 13.6. The number of hydrogen-bond acceptors (Lipinski definition) is 2. The standard InChI is InChI=1S/C20H21F4N3O/c21-18-4-2-1-3-15(18)9-10-25-19(28)27-13-11-26(12-14-27)17-7-5-16(6-8-17)20(22,23)24/h1-8H,9-14H2,(H,25,28). The van der Waals surface area contributed by atoms with E-state index >= 15 is 0 Å². The summed E-state index contributed by atoms with van der Waals surface area (Å²) in [6.45, 7) is 2.33. The van der Waals surface area contributed by atoms with Crippen molar-refractivity contribution in [3.63, 3.8) is 0 Å². The Hall–Kier alpha value is -2.77. The molecule has 4 nitrogen and oxygen atoms in total. The van der Waals surface area contributed by atoms with E-state index < -0.39 is 11.7 Å². The summed E-state index contributed by atoms with van der Waals surface area (Å²) in [7, 11) is 0. The molecule has 0 aromatic heterocycles. The fraction of sp³-hybridized carbons (Fsp3) is 0.350. The molecule has 2 aromatic carbocycles. The highest BCUT2D eigenvalue weighted by molar-refractivity contribution is 5.74. The van der Waals surface area contributed by atoms with Crippen LogP contribution in [-0.2, 0) is 12.6 Å². The monoisotopic (exact) mass is 395 g/mol. The van der Waals surface area contributed by atoms with Gasteiger partial charge in [-0.05, 0) is 42.3 Å². The Morgan fingerprint density at radius 3 is 2.21 bits per heavy atom. The van der Waals surface area contributed by atoms with E-state index in [9.17, 15) is 22.4 Å². The van der Waals surface area contributed by atoms with Crippen molar-refractivity contribution in [1.29, 1.82) is 0 Å². The number of halogens is 4. The van der Waals surface area contributed by atoms with E-state index in [4.69, 9.17) is 0 Å². The minimum atomic E-state index is -4.35. The third kappa shape index (κ3) is 4.94. The molecule has 2 amide bonds. The number of amides is 2. The summed E-state index contributed by atoms with van der Waals surface area (Å²) in [5.41, 5.74) is 0.576. The van der Waals surface area contributed by atoms with Crippen molar-refractivity contribution in [1.82, 2.24) is 10.2 Å². The van der Waals surface area contributed by atoms with E-state index in [1.807, 2.05) is 4.90 Å². The molecule has 28 heavy (non-hydrogen) atoms. The van der Waals surface area contributed by atoms with Crippen LogP contribution in [0.25, 0.3) is 0 Å². The number of piperazine rings is 1. The number of anilines is 1. The fourth-order valence-corrected chi connectivity index (χ4v) is 3.15. The molecule has 1 aliphatic heterocycles. The Morgan fingerprint density at radius 1 is 0.964 bits per heavy atom. The first-order valence-electron chi connectivity index (χ1n) is 9.03. The van der Waals surface area contributed by atoms with Crippen molar-refractivity contribution in [2.24, 2.45) is 0 Å². The highest BCUT2D eigenvalue weighted by Crippen LogP contribution is 2.30. The quantitative estimate of drug-likeness (QED) is 0.797. The number of urea groups is 1. The van der Waals surface area contributed by atoms with Gasteiger partial charge in [-0.3, -0.25) is 0 Å². The van der Waals surface area contributed by atoms with Gasteiger partial charge in [0.2, 0.25) is 0 Å². The molecular weight excluding hydrogens is 374 g/mol. The summed E-state index contributed by atoms with van der Waals surface area (Å²) in [5.74, 6) is -0.290. The SMILES string of the molecule is O=C(NCCc1ccccc1F)N1CCN(c2ccc(C(F)(F)F)cc2)CC1. The van der Waals surface area contributed by atoms with Gasteiger partial charge in [0.1, 0.15) is 5.82 Å². The molecule has 1 N–H and O–H groups in total. The van der Waals surface area contributed by atoms with Crippen molar-refractivity contribution in [3.05, 3.63) is 65.5 Å². The van der Waals surface area contributed by atoms with Crippen molar-refractivity contribution in [2.75, 3.05) is 37.6 Å². The first kappa shape index (κ1) is 20.0. The lowest BCUT2D eigenvalue weighted by molar-refractivity contribution is -0.137. The Morgan fingerprint density at radius 2 is 1.61 bits per heavy atom. The summed E-state index contributed by atoms with van der Waals surface area (Å²) in [6, 6.07) is 11.3. The van der Waals surface area contributed by atoms with Crippen LogP contribution in [-0.4, -0.2) is 43.7 Å². The fourth-order valence-electron chi connectivity index (χ4n) is 3.15. The molecule has 1 aliphatic rings. The molecule has 2 aromatic rings. The lowest BCUT2D eigenvalue weighted by atomic mass is 10.1. The molecule has 150 valence electrons. The molecule has 3 rings (SSSR count). The normalized spacial score (nSPS) is 14.9. The molecule has 0 spiro atoms. The van der Waals surface area contributed by atoms with E-state index in [1.54, 1.807) is 23.1 Å². The molecule has 1 fully saturated rings. The van der Waals surface area contributed by atoms with Crippen LogP contribution in [0.5, 0.6) is 0 Å². The van der Waals surface area contributed by atoms with Gasteiger partial charge < -0.3 is 15.1 Å². The number of benzene rings is 2. The number of rotatable bonds is 4. The molecular formula is C20H21F4N3O. The van der Waals surface area contributed by atoms with Gasteiger partial charge in [0.25, 0.3) is 0 Å². The van der Waals surface area contributed by atoms with Gasteiger partial charge in [0.05, 0.1) is 5.56 Å². The highest BCUT2D eigenvalue weighted by atomic mass is 19.4. The first-order chi connectivity index (χ1) is 13.3. The predicted molar refractivity (Wildman–Crippen MR) is 98.7 cm³/mol. The molecule has 8 heteroatoms. The first-order valence-corrected chi connectivity index (χ1v) is 9.03. The summed E-state index contributed by atoms with van der Waals surface area (Å²) in [6.07, 6.45) is -3.94. The number of nitrogens with one attached hydrogen (secondary N) is 1. The van der Waals surface area contributed by atoms with Gasteiger partial charge in [0, 0.05) is 38.4 Å². The highest BCUT2D eigenvalue weighted by Gasteiger charge is 2.30. The van der Waals surface area contributed by atoms with E-state index in [2.05, 4.69) is 5.32 Å². The minimum Gasteiger partial charge on any atom is -0.368 e.